The average molecular weight is 1790 g/mol. The van der Waals surface area contributed by atoms with E-state index < -0.39 is 0 Å². The number of benzene rings is 18. The Labute approximate surface area is 773 Å². The fraction of sp³-hybridized carbons (Fsp3) is 0.0744. The Morgan fingerprint density at radius 2 is 0.385 bits per heavy atom. The van der Waals surface area contributed by atoms with E-state index in [4.69, 9.17) is 29.2 Å². The summed E-state index contributed by atoms with van der Waals surface area (Å²) in [6.07, 6.45) is 0. The highest BCUT2D eigenvalue weighted by atomic mass is 79.9. The second kappa shape index (κ2) is 29.8. The second-order valence-electron chi connectivity index (χ2n) is 36.1. The Hall–Kier alpha value is -14.4. The van der Waals surface area contributed by atoms with E-state index in [1.54, 1.807) is 0 Å². The Kier molecular flexibility index (Phi) is 17.9. The van der Waals surface area contributed by atoms with Crippen LogP contribution in [0, 0.1) is 0 Å². The largest absolute Gasteiger partial charge is 0.494 e. The van der Waals surface area contributed by atoms with E-state index in [1.807, 2.05) is 60.7 Å². The summed E-state index contributed by atoms with van der Waals surface area (Å²) in [5, 5.41) is 0. The molecule has 3 spiro atoms. The molecule has 0 bridgehead atoms. The van der Waals surface area contributed by atoms with Crippen molar-refractivity contribution in [3.05, 3.63) is 494 Å². The number of fused-ring (bicyclic) bond motifs is 32. The lowest BCUT2D eigenvalue weighted by molar-refractivity contribution is 0.00578. The van der Waals surface area contributed by atoms with Gasteiger partial charge >= 0.3 is 7.12 Å². The quantitative estimate of drug-likeness (QED) is 0.148. The Morgan fingerprint density at radius 1 is 0.192 bits per heavy atom. The highest BCUT2D eigenvalue weighted by molar-refractivity contribution is 9.10. The SMILES string of the molecule is Brc1ccc(-c2nc3ccccc3nc2-c2ccc(Br)cc2)cc1.CC1(C)OB(c2ccc3c(c2)C2(c4ccccc4-c4ccccc42)c2ccccc2-3)OC1(C)C.c1ccc2c(c1)-c1ccccc1C21c2ccccc2-c2ccc(-c3ccc(-c4nc5ccccc5nc4-c4ccc(-c5ccc6c(c5)C5(c7ccccc7-c7ccccc75)c5ccccc5-6)cc4)cc3)cc21. The van der Waals surface area contributed by atoms with Gasteiger partial charge in [-0.3, -0.25) is 0 Å². The van der Waals surface area contributed by atoms with Crippen LogP contribution in [0.4, 0.5) is 0 Å². The molecule has 7 aliphatic rings. The van der Waals surface area contributed by atoms with Gasteiger partial charge < -0.3 is 9.31 Å². The van der Waals surface area contributed by atoms with Gasteiger partial charge in [0.25, 0.3) is 0 Å². The third kappa shape index (κ3) is 11.6. The number of nitrogens with zero attached hydrogens (tertiary/aromatic N) is 4. The fourth-order valence-electron chi connectivity index (χ4n) is 22.4. The molecule has 0 unspecified atom stereocenters. The zero-order valence-electron chi connectivity index (χ0n) is 71.8. The molecule has 20 aromatic rings. The van der Waals surface area contributed by atoms with Crippen LogP contribution >= 0.6 is 31.9 Å². The van der Waals surface area contributed by atoms with Crippen LogP contribution in [-0.2, 0) is 25.6 Å². The predicted molar refractivity (Wildman–Crippen MR) is 538 cm³/mol. The van der Waals surface area contributed by atoms with Crippen molar-refractivity contribution in [1.29, 1.82) is 0 Å². The van der Waals surface area contributed by atoms with Crippen LogP contribution < -0.4 is 5.46 Å². The molecule has 1 aliphatic heterocycles. The van der Waals surface area contributed by atoms with E-state index in [0.717, 1.165) is 92.6 Å². The van der Waals surface area contributed by atoms with Crippen LogP contribution in [0.5, 0.6) is 0 Å². The van der Waals surface area contributed by atoms with Gasteiger partial charge in [0.1, 0.15) is 0 Å². The van der Waals surface area contributed by atoms with Crippen LogP contribution in [0.25, 0.3) is 156 Å². The van der Waals surface area contributed by atoms with Crippen molar-refractivity contribution in [2.75, 3.05) is 0 Å². The summed E-state index contributed by atoms with van der Waals surface area (Å²) in [6, 6.07) is 152. The first kappa shape index (κ1) is 77.9. The van der Waals surface area contributed by atoms with Gasteiger partial charge in [0.2, 0.25) is 0 Å². The first-order chi connectivity index (χ1) is 63.7. The molecule has 0 amide bonds. The Balaban J connectivity index is 0.000000129. The highest BCUT2D eigenvalue weighted by Crippen LogP contribution is 2.67. The van der Waals surface area contributed by atoms with E-state index in [9.17, 15) is 0 Å². The molecule has 27 rings (SSSR count). The maximum Gasteiger partial charge on any atom is 0.494 e. The van der Waals surface area contributed by atoms with Gasteiger partial charge in [-0.05, 0) is 250 Å². The van der Waals surface area contributed by atoms with Crippen LogP contribution in [-0.4, -0.2) is 38.3 Å². The number of aromatic nitrogens is 4. The van der Waals surface area contributed by atoms with Gasteiger partial charge in [-0.2, -0.15) is 0 Å². The lowest BCUT2D eigenvalue weighted by atomic mass is 9.68. The zero-order valence-corrected chi connectivity index (χ0v) is 74.9. The molecule has 6 nitrogen and oxygen atoms in total. The van der Waals surface area contributed by atoms with Crippen molar-refractivity contribution in [1.82, 2.24) is 19.9 Å². The molecule has 1 fully saturated rings. The zero-order chi connectivity index (χ0) is 86.9. The number of halogens is 2. The van der Waals surface area contributed by atoms with Gasteiger partial charge in [-0.25, -0.2) is 19.9 Å². The summed E-state index contributed by atoms with van der Waals surface area (Å²) in [5.74, 6) is 0. The maximum atomic E-state index is 6.45. The van der Waals surface area contributed by atoms with E-state index in [1.165, 1.54) is 145 Å². The summed E-state index contributed by atoms with van der Waals surface area (Å²) in [5.41, 5.74) is 47.1. The van der Waals surface area contributed by atoms with Gasteiger partial charge in [0.05, 0.1) is 72.3 Å². The average Bonchev–Trinajstić information content (AvgIpc) is 1.52. The van der Waals surface area contributed by atoms with E-state index in [-0.39, 0.29) is 34.6 Å². The number of hydrogen-bond donors (Lipinski definition) is 0. The molecule has 0 N–H and O–H groups in total. The van der Waals surface area contributed by atoms with Crippen LogP contribution in [0.2, 0.25) is 0 Å². The summed E-state index contributed by atoms with van der Waals surface area (Å²) in [4.78, 5) is 20.4. The normalized spacial score (nSPS) is 14.9. The molecule has 9 heteroatoms. The third-order valence-electron chi connectivity index (χ3n) is 28.9. The van der Waals surface area contributed by atoms with Crippen molar-refractivity contribution in [2.24, 2.45) is 0 Å². The van der Waals surface area contributed by atoms with Crippen molar-refractivity contribution in [2.45, 2.75) is 55.1 Å². The van der Waals surface area contributed by atoms with E-state index in [0.29, 0.717) is 0 Å². The molecule has 6 aliphatic carbocycles. The first-order valence-electron chi connectivity index (χ1n) is 44.7. The summed E-state index contributed by atoms with van der Waals surface area (Å²) < 4.78 is 15.0. The van der Waals surface area contributed by atoms with Crippen molar-refractivity contribution in [3.63, 3.8) is 0 Å². The topological polar surface area (TPSA) is 70.0 Å². The number of para-hydroxylation sites is 4. The van der Waals surface area contributed by atoms with Crippen LogP contribution in [0.1, 0.15) is 94.5 Å². The van der Waals surface area contributed by atoms with Gasteiger partial charge in [-0.1, -0.05) is 390 Å². The molecule has 614 valence electrons. The summed E-state index contributed by atoms with van der Waals surface area (Å²) >= 11 is 6.98. The monoisotopic (exact) mass is 1790 g/mol. The van der Waals surface area contributed by atoms with Crippen molar-refractivity contribution in [3.8, 4) is 134 Å². The van der Waals surface area contributed by atoms with Gasteiger partial charge in [0, 0.05) is 31.2 Å². The number of rotatable bonds is 7. The first-order valence-corrected chi connectivity index (χ1v) is 46.3. The lowest BCUT2D eigenvalue weighted by Crippen LogP contribution is -2.41. The third-order valence-corrected chi connectivity index (χ3v) is 30.0. The van der Waals surface area contributed by atoms with Crippen molar-refractivity contribution < 1.29 is 9.31 Å². The second-order valence-corrected chi connectivity index (χ2v) is 37.9. The predicted octanol–water partition coefficient (Wildman–Crippen LogP) is 29.8. The van der Waals surface area contributed by atoms with E-state index >= 15 is 0 Å². The van der Waals surface area contributed by atoms with E-state index in [2.05, 4.69) is 417 Å². The molecule has 3 heterocycles. The molecule has 0 atom stereocenters. The minimum Gasteiger partial charge on any atom is -0.399 e. The Bertz CT molecular complexity index is 7530. The molecule has 2 aromatic heterocycles. The molecule has 0 radical (unpaired) electrons. The summed E-state index contributed by atoms with van der Waals surface area (Å²) in [7, 11) is -0.386. The highest BCUT2D eigenvalue weighted by Gasteiger charge is 2.57. The molecule has 130 heavy (non-hydrogen) atoms. The van der Waals surface area contributed by atoms with Gasteiger partial charge in [-0.15, -0.1) is 0 Å². The molecular formula is C121H81BBr2N4O2. The molecular weight excluding hydrogens is 1710 g/mol. The standard InChI is InChI=1S/C70H42N2.C31H27BO2.C20H12Br2N2/c1-7-21-57-49(15-1)50-16-2-8-22-58(50)69(57)61-25-11-5-19-53(61)55-39-37-47(41-63(55)69)43-29-33-45(34-30-43)67-68(72-66-28-14-13-27-65(66)71-67)46-35-31-44(32-36-46)48-38-40-56-54-20-6-12-26-62(54)70(64(56)42-48)59-23-9-3-17-51(59)52-18-4-10-24-60(52)70;1-29(2)30(3,4)34-32(33-29)20-17-18-24-23-13-7-10-16-27(23)31(28(24)19-20)25-14-8-5-11-21(25)22-12-6-9-15-26(22)31;21-15-9-5-13(6-10-15)19-20(14-7-11-16(22)12-8-14)24-18-4-2-1-3-17(18)23-19/h1-42H;5-19H,1-4H3;1-12H. The smallest absolute Gasteiger partial charge is 0.399 e. The summed E-state index contributed by atoms with van der Waals surface area (Å²) in [6.45, 7) is 8.45. The molecule has 18 aromatic carbocycles. The van der Waals surface area contributed by atoms with Crippen molar-refractivity contribution >= 4 is 66.5 Å². The lowest BCUT2D eigenvalue weighted by Gasteiger charge is -2.32. The Morgan fingerprint density at radius 3 is 0.638 bits per heavy atom. The van der Waals surface area contributed by atoms with Gasteiger partial charge in [0.15, 0.2) is 0 Å². The fourth-order valence-corrected chi connectivity index (χ4v) is 23.0. The maximum absolute atomic E-state index is 6.45. The minimum atomic E-state index is -0.386. The van der Waals surface area contributed by atoms with Crippen LogP contribution in [0.3, 0.4) is 0 Å². The molecule has 1 saturated heterocycles. The van der Waals surface area contributed by atoms with Crippen LogP contribution in [0.15, 0.2) is 428 Å². The molecule has 0 saturated carbocycles. The minimum absolute atomic E-state index is 0.335. The number of hydrogen-bond acceptors (Lipinski definition) is 6.